The number of benzene rings is 2. The number of fused-ring (bicyclic) bond motifs is 1. The third kappa shape index (κ3) is 3.56. The fourth-order valence-corrected chi connectivity index (χ4v) is 3.00. The van der Waals surface area contributed by atoms with Gasteiger partial charge >= 0.3 is 6.03 Å². The molecule has 0 fully saturated rings. The zero-order valence-electron chi connectivity index (χ0n) is 12.5. The van der Waals surface area contributed by atoms with Crippen LogP contribution in [0, 0.1) is 0 Å². The highest BCUT2D eigenvalue weighted by molar-refractivity contribution is 6.44. The van der Waals surface area contributed by atoms with Crippen molar-refractivity contribution in [2.24, 2.45) is 0 Å². The lowest BCUT2D eigenvalue weighted by atomic mass is 10.1. The zero-order valence-corrected chi connectivity index (χ0v) is 14.7. The molecule has 0 unspecified atom stereocenters. The number of halogens is 3. The van der Waals surface area contributed by atoms with Crippen LogP contribution < -0.4 is 16.0 Å². The number of carbonyl (C=O) groups excluding carboxylic acids is 3. The highest BCUT2D eigenvalue weighted by Crippen LogP contribution is 2.31. The van der Waals surface area contributed by atoms with Gasteiger partial charge in [0.2, 0.25) is 0 Å². The molecule has 1 aliphatic heterocycles. The van der Waals surface area contributed by atoms with Gasteiger partial charge in [-0.2, -0.15) is 0 Å². The summed E-state index contributed by atoms with van der Waals surface area (Å²) in [5.41, 5.74) is 1.34. The average Bonchev–Trinajstić information content (AvgIpc) is 2.85. The van der Waals surface area contributed by atoms with Crippen molar-refractivity contribution in [2.75, 3.05) is 5.32 Å². The molecular formula is C16H10Cl3N3O3. The minimum Gasteiger partial charge on any atom is -0.334 e. The maximum Gasteiger partial charge on any atom is 0.319 e. The molecule has 1 heterocycles. The predicted octanol–water partition coefficient (Wildman–Crippen LogP) is 3.85. The van der Waals surface area contributed by atoms with Crippen LogP contribution in [0.25, 0.3) is 0 Å². The van der Waals surface area contributed by atoms with Crippen molar-refractivity contribution < 1.29 is 14.4 Å². The maximum absolute atomic E-state index is 12.0. The number of hydrogen-bond donors (Lipinski definition) is 3. The fraction of sp³-hybridized carbons (Fsp3) is 0.0625. The first-order valence-electron chi connectivity index (χ1n) is 7.04. The van der Waals surface area contributed by atoms with E-state index in [1.165, 1.54) is 18.2 Å². The second-order valence-corrected chi connectivity index (χ2v) is 6.37. The molecule has 0 spiro atoms. The molecule has 3 N–H and O–H groups in total. The van der Waals surface area contributed by atoms with Crippen LogP contribution in [0.3, 0.4) is 0 Å². The van der Waals surface area contributed by atoms with Gasteiger partial charge in [0.05, 0.1) is 21.2 Å². The largest absolute Gasteiger partial charge is 0.334 e. The average molecular weight is 399 g/mol. The summed E-state index contributed by atoms with van der Waals surface area (Å²) >= 11 is 18.0. The molecule has 0 atom stereocenters. The molecule has 0 radical (unpaired) electrons. The van der Waals surface area contributed by atoms with Gasteiger partial charge in [-0.15, -0.1) is 0 Å². The SMILES string of the molecule is O=C(NCc1c(Cl)ccc(Cl)c1Cl)Nc1ccc2c(c1)C(=O)NC2=O. The van der Waals surface area contributed by atoms with Gasteiger partial charge in [-0.1, -0.05) is 34.8 Å². The topological polar surface area (TPSA) is 87.3 Å². The van der Waals surface area contributed by atoms with Crippen molar-refractivity contribution in [3.05, 3.63) is 62.1 Å². The molecule has 6 nitrogen and oxygen atoms in total. The van der Waals surface area contributed by atoms with Gasteiger partial charge in [-0.05, 0) is 30.3 Å². The molecule has 0 bridgehead atoms. The van der Waals surface area contributed by atoms with E-state index in [1.807, 2.05) is 0 Å². The van der Waals surface area contributed by atoms with E-state index in [0.717, 1.165) is 0 Å². The van der Waals surface area contributed by atoms with Crippen molar-refractivity contribution in [3.8, 4) is 0 Å². The number of anilines is 1. The molecule has 9 heteroatoms. The summed E-state index contributed by atoms with van der Waals surface area (Å²) in [6.07, 6.45) is 0. The minimum absolute atomic E-state index is 0.0635. The number of amides is 4. The summed E-state index contributed by atoms with van der Waals surface area (Å²) in [4.78, 5) is 35.2. The Kier molecular flexibility index (Phi) is 4.85. The summed E-state index contributed by atoms with van der Waals surface area (Å²) in [5, 5.41) is 8.32. The van der Waals surface area contributed by atoms with E-state index in [4.69, 9.17) is 34.8 Å². The molecule has 0 saturated heterocycles. The molecule has 0 aliphatic carbocycles. The van der Waals surface area contributed by atoms with Gasteiger partial charge in [0.25, 0.3) is 11.8 Å². The van der Waals surface area contributed by atoms with Gasteiger partial charge < -0.3 is 10.6 Å². The summed E-state index contributed by atoms with van der Waals surface area (Å²) < 4.78 is 0. The van der Waals surface area contributed by atoms with E-state index in [9.17, 15) is 14.4 Å². The lowest BCUT2D eigenvalue weighted by Crippen LogP contribution is -2.28. The van der Waals surface area contributed by atoms with E-state index in [-0.39, 0.29) is 22.7 Å². The fourth-order valence-electron chi connectivity index (χ4n) is 2.32. The van der Waals surface area contributed by atoms with Crippen molar-refractivity contribution in [3.63, 3.8) is 0 Å². The van der Waals surface area contributed by atoms with Crippen molar-refractivity contribution in [1.29, 1.82) is 0 Å². The number of carbonyl (C=O) groups is 3. The van der Waals surface area contributed by atoms with Crippen molar-refractivity contribution in [1.82, 2.24) is 10.6 Å². The van der Waals surface area contributed by atoms with Crippen LogP contribution in [0.4, 0.5) is 10.5 Å². The molecule has 25 heavy (non-hydrogen) atoms. The highest BCUT2D eigenvalue weighted by Gasteiger charge is 2.26. The Morgan fingerprint density at radius 1 is 0.960 bits per heavy atom. The third-order valence-electron chi connectivity index (χ3n) is 3.56. The number of rotatable bonds is 3. The minimum atomic E-state index is -0.531. The molecular weight excluding hydrogens is 389 g/mol. The Morgan fingerprint density at radius 2 is 1.64 bits per heavy atom. The standard InChI is InChI=1S/C16H10Cl3N3O3/c17-11-3-4-12(18)13(19)10(11)6-20-16(25)21-7-1-2-8-9(5-7)15(24)22-14(8)23/h1-5H,6H2,(H2,20,21,25)(H,22,23,24). The summed E-state index contributed by atoms with van der Waals surface area (Å²) in [7, 11) is 0. The van der Waals surface area contributed by atoms with E-state index in [2.05, 4.69) is 16.0 Å². The first-order chi connectivity index (χ1) is 11.9. The zero-order chi connectivity index (χ0) is 18.1. The molecule has 0 aromatic heterocycles. The van der Waals surface area contributed by atoms with Crippen LogP contribution in [0.15, 0.2) is 30.3 Å². The van der Waals surface area contributed by atoms with E-state index >= 15 is 0 Å². The van der Waals surface area contributed by atoms with Crippen LogP contribution >= 0.6 is 34.8 Å². The summed E-state index contributed by atoms with van der Waals surface area (Å²) in [5.74, 6) is -0.956. The Balaban J connectivity index is 1.68. The van der Waals surface area contributed by atoms with E-state index in [1.54, 1.807) is 12.1 Å². The normalized spacial score (nSPS) is 12.6. The Labute approximate surface area is 157 Å². The second kappa shape index (κ2) is 6.92. The third-order valence-corrected chi connectivity index (χ3v) is 4.76. The van der Waals surface area contributed by atoms with Crippen LogP contribution in [0.1, 0.15) is 26.3 Å². The first-order valence-corrected chi connectivity index (χ1v) is 8.17. The van der Waals surface area contributed by atoms with Gasteiger partial charge in [0.15, 0.2) is 0 Å². The maximum atomic E-state index is 12.0. The Hall–Kier alpha value is -2.28. The van der Waals surface area contributed by atoms with Gasteiger partial charge in [-0.25, -0.2) is 4.79 Å². The second-order valence-electron chi connectivity index (χ2n) is 5.17. The summed E-state index contributed by atoms with van der Waals surface area (Å²) in [6, 6.07) is 7.03. The van der Waals surface area contributed by atoms with Crippen LogP contribution in [0.2, 0.25) is 15.1 Å². The van der Waals surface area contributed by atoms with Gasteiger partial charge in [0, 0.05) is 22.8 Å². The van der Waals surface area contributed by atoms with Gasteiger partial charge in [-0.3, -0.25) is 14.9 Å². The van der Waals surface area contributed by atoms with E-state index < -0.39 is 17.8 Å². The monoisotopic (exact) mass is 397 g/mol. The van der Waals surface area contributed by atoms with Crippen LogP contribution in [-0.2, 0) is 6.54 Å². The predicted molar refractivity (Wildman–Crippen MR) is 95.6 cm³/mol. The van der Waals surface area contributed by atoms with Crippen molar-refractivity contribution >= 4 is 58.3 Å². The smallest absolute Gasteiger partial charge is 0.319 e. The lowest BCUT2D eigenvalue weighted by Gasteiger charge is -2.11. The molecule has 3 rings (SSSR count). The van der Waals surface area contributed by atoms with Crippen LogP contribution in [0.5, 0.6) is 0 Å². The highest BCUT2D eigenvalue weighted by atomic mass is 35.5. The number of hydrogen-bond acceptors (Lipinski definition) is 3. The van der Waals surface area contributed by atoms with Gasteiger partial charge in [0.1, 0.15) is 0 Å². The Bertz CT molecular complexity index is 915. The first kappa shape index (κ1) is 17.5. The molecule has 0 saturated carbocycles. The lowest BCUT2D eigenvalue weighted by molar-refractivity contribution is 0.0879. The number of urea groups is 1. The molecule has 4 amide bonds. The molecule has 2 aromatic carbocycles. The molecule has 128 valence electrons. The number of imide groups is 1. The molecule has 1 aliphatic rings. The quantitative estimate of drug-likeness (QED) is 0.542. The summed E-state index contributed by atoms with van der Waals surface area (Å²) in [6.45, 7) is 0.0635. The van der Waals surface area contributed by atoms with Crippen LogP contribution in [-0.4, -0.2) is 17.8 Å². The number of nitrogens with one attached hydrogen (secondary N) is 3. The van der Waals surface area contributed by atoms with Crippen molar-refractivity contribution in [2.45, 2.75) is 6.54 Å². The Morgan fingerprint density at radius 3 is 2.40 bits per heavy atom. The van der Waals surface area contributed by atoms with E-state index in [0.29, 0.717) is 21.3 Å². The molecule has 2 aromatic rings.